The summed E-state index contributed by atoms with van der Waals surface area (Å²) in [6.45, 7) is 1.33. The van der Waals surface area contributed by atoms with E-state index in [9.17, 15) is 8.42 Å². The van der Waals surface area contributed by atoms with Gasteiger partial charge in [-0.25, -0.2) is 8.42 Å². The van der Waals surface area contributed by atoms with Gasteiger partial charge in [0, 0.05) is 26.8 Å². The van der Waals surface area contributed by atoms with Crippen LogP contribution in [0, 0.1) is 0 Å². The molecule has 1 aliphatic heterocycles. The second-order valence-electron chi connectivity index (χ2n) is 7.38. The normalized spacial score (nSPS) is 16.8. The van der Waals surface area contributed by atoms with Gasteiger partial charge in [0.2, 0.25) is 0 Å². The van der Waals surface area contributed by atoms with Gasteiger partial charge in [0.05, 0.1) is 16.6 Å². The molecule has 1 aliphatic rings. The van der Waals surface area contributed by atoms with E-state index >= 15 is 0 Å². The van der Waals surface area contributed by atoms with E-state index in [-0.39, 0.29) is 10.9 Å². The number of rotatable bonds is 7. The van der Waals surface area contributed by atoms with Crippen LogP contribution >= 0.6 is 0 Å². The summed E-state index contributed by atoms with van der Waals surface area (Å²) in [6, 6.07) is 21.9. The Hall–Kier alpha value is -2.87. The third-order valence-corrected chi connectivity index (χ3v) is 7.20. The summed E-state index contributed by atoms with van der Waals surface area (Å²) in [6.07, 6.45) is 0.822. The van der Waals surface area contributed by atoms with Crippen LogP contribution in [0.15, 0.2) is 77.7 Å². The highest BCUT2D eigenvalue weighted by atomic mass is 32.2. The standard InChI is InChI=1S/C24H26N2O4S/c1-26-22-12-7-6-11-20(22)24(25-15-8-16-29-2)21-14-13-19(17-23(21)31(26,27)28)30-18-9-4-3-5-10-18/h3-7,9-14,17,24-25H,8,15-16H2,1-2H3. The van der Waals surface area contributed by atoms with Crippen LogP contribution in [-0.4, -0.2) is 35.7 Å². The van der Waals surface area contributed by atoms with Gasteiger partial charge in [-0.15, -0.1) is 0 Å². The largest absolute Gasteiger partial charge is 0.457 e. The maximum Gasteiger partial charge on any atom is 0.264 e. The van der Waals surface area contributed by atoms with Gasteiger partial charge in [0.1, 0.15) is 11.5 Å². The van der Waals surface area contributed by atoms with Crippen molar-refractivity contribution in [1.29, 1.82) is 0 Å². The third kappa shape index (κ3) is 4.30. The SMILES string of the molecule is COCCCNC1c2ccccc2N(C)S(=O)(=O)c2cc(Oc3ccccc3)ccc21. The Morgan fingerprint density at radius 1 is 0.935 bits per heavy atom. The van der Waals surface area contributed by atoms with Gasteiger partial charge in [-0.2, -0.15) is 0 Å². The quantitative estimate of drug-likeness (QED) is 0.556. The Bertz CT molecular complexity index is 1150. The lowest BCUT2D eigenvalue weighted by molar-refractivity contribution is 0.193. The maximum absolute atomic E-state index is 13.5. The van der Waals surface area contributed by atoms with Crippen molar-refractivity contribution in [3.05, 3.63) is 83.9 Å². The molecule has 6 nitrogen and oxygen atoms in total. The molecular formula is C24H26N2O4S. The van der Waals surface area contributed by atoms with Crippen LogP contribution in [0.3, 0.4) is 0 Å². The number of fused-ring (bicyclic) bond motifs is 2. The van der Waals surface area contributed by atoms with E-state index in [1.54, 1.807) is 20.2 Å². The highest BCUT2D eigenvalue weighted by Gasteiger charge is 2.35. The van der Waals surface area contributed by atoms with Crippen LogP contribution in [0.5, 0.6) is 11.5 Å². The van der Waals surface area contributed by atoms with Crippen molar-refractivity contribution in [2.45, 2.75) is 17.4 Å². The molecule has 1 heterocycles. The number of sulfonamides is 1. The lowest BCUT2D eigenvalue weighted by Crippen LogP contribution is -2.26. The molecule has 0 amide bonds. The molecule has 0 bridgehead atoms. The molecule has 0 aromatic heterocycles. The average molecular weight is 439 g/mol. The minimum absolute atomic E-state index is 0.240. The minimum atomic E-state index is -3.76. The van der Waals surface area contributed by atoms with Gasteiger partial charge in [0.15, 0.2) is 0 Å². The van der Waals surface area contributed by atoms with Crippen LogP contribution in [0.1, 0.15) is 23.6 Å². The van der Waals surface area contributed by atoms with E-state index < -0.39 is 10.0 Å². The molecule has 1 unspecified atom stereocenters. The lowest BCUT2D eigenvalue weighted by Gasteiger charge is -2.22. The Labute approximate surface area is 183 Å². The van der Waals surface area contributed by atoms with Crippen LogP contribution in [-0.2, 0) is 14.8 Å². The zero-order valence-electron chi connectivity index (χ0n) is 17.6. The predicted octanol–water partition coefficient (Wildman–Crippen LogP) is 4.33. The van der Waals surface area contributed by atoms with Crippen LogP contribution in [0.25, 0.3) is 0 Å². The second-order valence-corrected chi connectivity index (χ2v) is 9.32. The van der Waals surface area contributed by atoms with Crippen LogP contribution < -0.4 is 14.4 Å². The van der Waals surface area contributed by atoms with Crippen molar-refractivity contribution in [2.75, 3.05) is 31.6 Å². The molecule has 0 radical (unpaired) electrons. The van der Waals surface area contributed by atoms with E-state index in [0.717, 1.165) is 12.0 Å². The number of hydrogen-bond acceptors (Lipinski definition) is 5. The first kappa shape index (κ1) is 21.4. The van der Waals surface area contributed by atoms with E-state index in [2.05, 4.69) is 5.32 Å². The Morgan fingerprint density at radius 3 is 2.45 bits per heavy atom. The second kappa shape index (κ2) is 9.09. The molecule has 0 fully saturated rings. The van der Waals surface area contributed by atoms with E-state index in [0.29, 0.717) is 35.9 Å². The van der Waals surface area contributed by atoms with Crippen molar-refractivity contribution < 1.29 is 17.9 Å². The third-order valence-electron chi connectivity index (χ3n) is 5.37. The molecular weight excluding hydrogens is 412 g/mol. The van der Waals surface area contributed by atoms with Gasteiger partial charge < -0.3 is 14.8 Å². The smallest absolute Gasteiger partial charge is 0.264 e. The molecule has 0 saturated heterocycles. The minimum Gasteiger partial charge on any atom is -0.457 e. The zero-order valence-corrected chi connectivity index (χ0v) is 18.4. The molecule has 1 atom stereocenters. The molecule has 3 aromatic rings. The van der Waals surface area contributed by atoms with Crippen molar-refractivity contribution in [1.82, 2.24) is 5.32 Å². The Kier molecular flexibility index (Phi) is 6.27. The number of hydrogen-bond donors (Lipinski definition) is 1. The molecule has 3 aromatic carbocycles. The summed E-state index contributed by atoms with van der Waals surface area (Å²) in [7, 11) is -0.499. The summed E-state index contributed by atoms with van der Waals surface area (Å²) in [4.78, 5) is 0.240. The van der Waals surface area contributed by atoms with Crippen molar-refractivity contribution in [2.24, 2.45) is 0 Å². The molecule has 1 N–H and O–H groups in total. The number of ether oxygens (including phenoxy) is 2. The van der Waals surface area contributed by atoms with Crippen molar-refractivity contribution in [3.8, 4) is 11.5 Å². The monoisotopic (exact) mass is 438 g/mol. The molecule has 0 aliphatic carbocycles. The van der Waals surface area contributed by atoms with Gasteiger partial charge in [0.25, 0.3) is 10.0 Å². The van der Waals surface area contributed by atoms with E-state index in [1.807, 2.05) is 66.7 Å². The first-order valence-electron chi connectivity index (χ1n) is 10.2. The Balaban J connectivity index is 1.79. The van der Waals surface area contributed by atoms with E-state index in [4.69, 9.17) is 9.47 Å². The molecule has 7 heteroatoms. The van der Waals surface area contributed by atoms with Crippen LogP contribution in [0.4, 0.5) is 5.69 Å². The lowest BCUT2D eigenvalue weighted by atomic mass is 9.96. The van der Waals surface area contributed by atoms with Gasteiger partial charge in [-0.3, -0.25) is 4.31 Å². The van der Waals surface area contributed by atoms with Gasteiger partial charge >= 0.3 is 0 Å². The van der Waals surface area contributed by atoms with E-state index in [1.165, 1.54) is 4.31 Å². The first-order chi connectivity index (χ1) is 15.0. The number of anilines is 1. The summed E-state index contributed by atoms with van der Waals surface area (Å²) in [5, 5.41) is 3.52. The zero-order chi connectivity index (χ0) is 21.8. The topological polar surface area (TPSA) is 67.9 Å². The number of benzene rings is 3. The van der Waals surface area contributed by atoms with Crippen molar-refractivity contribution >= 4 is 15.7 Å². The highest BCUT2D eigenvalue weighted by molar-refractivity contribution is 7.92. The molecule has 162 valence electrons. The number of methoxy groups -OCH3 is 1. The predicted molar refractivity (Wildman–Crippen MR) is 121 cm³/mol. The number of nitrogens with one attached hydrogen (secondary N) is 1. The summed E-state index contributed by atoms with van der Waals surface area (Å²) >= 11 is 0. The molecule has 31 heavy (non-hydrogen) atoms. The molecule has 4 rings (SSSR count). The first-order valence-corrected chi connectivity index (χ1v) is 11.6. The Morgan fingerprint density at radius 2 is 1.68 bits per heavy atom. The average Bonchev–Trinajstić information content (AvgIpc) is 2.85. The summed E-state index contributed by atoms with van der Waals surface area (Å²) in [5.74, 6) is 1.13. The van der Waals surface area contributed by atoms with Gasteiger partial charge in [-0.1, -0.05) is 42.5 Å². The molecule has 0 saturated carbocycles. The fourth-order valence-electron chi connectivity index (χ4n) is 3.81. The molecule has 0 spiro atoms. The van der Waals surface area contributed by atoms with Crippen molar-refractivity contribution in [3.63, 3.8) is 0 Å². The highest BCUT2D eigenvalue weighted by Crippen LogP contribution is 2.41. The number of para-hydroxylation sites is 2. The van der Waals surface area contributed by atoms with Crippen LogP contribution in [0.2, 0.25) is 0 Å². The fourth-order valence-corrected chi connectivity index (χ4v) is 5.28. The van der Waals surface area contributed by atoms with Gasteiger partial charge in [-0.05, 0) is 48.4 Å². The summed E-state index contributed by atoms with van der Waals surface area (Å²) in [5.41, 5.74) is 2.28. The fraction of sp³-hybridized carbons (Fsp3) is 0.250. The maximum atomic E-state index is 13.5. The number of nitrogens with zero attached hydrogens (tertiary/aromatic N) is 1. The summed E-state index contributed by atoms with van der Waals surface area (Å²) < 4.78 is 39.5.